The largest absolute Gasteiger partial charge is 0.352 e. The highest BCUT2D eigenvalue weighted by Crippen LogP contribution is 2.23. The van der Waals surface area contributed by atoms with Gasteiger partial charge in [0.25, 0.3) is 5.91 Å². The Labute approximate surface area is 121 Å². The Balaban J connectivity index is 1.90. The average molecular weight is 331 g/mol. The van der Waals surface area contributed by atoms with Crippen LogP contribution >= 0.6 is 27.5 Å². The van der Waals surface area contributed by atoms with E-state index in [1.807, 2.05) is 0 Å². The fourth-order valence-corrected chi connectivity index (χ4v) is 3.28. The molecule has 1 aliphatic rings. The minimum absolute atomic E-state index is 0.0382. The molecule has 0 aliphatic heterocycles. The van der Waals surface area contributed by atoms with Gasteiger partial charge in [-0.2, -0.15) is 0 Å². The highest BCUT2D eigenvalue weighted by Gasteiger charge is 2.15. The van der Waals surface area contributed by atoms with Crippen molar-refractivity contribution in [2.24, 2.45) is 5.92 Å². The minimum Gasteiger partial charge on any atom is -0.352 e. The molecule has 0 bridgehead atoms. The van der Waals surface area contributed by atoms with Crippen molar-refractivity contribution in [3.8, 4) is 0 Å². The maximum atomic E-state index is 12.0. The lowest BCUT2D eigenvalue weighted by Crippen LogP contribution is -2.30. The standard InChI is InChI=1S/C14H17BrClNO/c15-12-6-11(7-13(16)8-12)14(18)17-9-10-4-2-1-3-5-10/h6-8,10H,1-5,9H2,(H,17,18). The summed E-state index contributed by atoms with van der Waals surface area (Å²) in [5.41, 5.74) is 0.616. The number of hydrogen-bond acceptors (Lipinski definition) is 1. The number of hydrogen-bond donors (Lipinski definition) is 1. The van der Waals surface area contributed by atoms with Crippen LogP contribution in [0.2, 0.25) is 5.02 Å². The van der Waals surface area contributed by atoms with E-state index < -0.39 is 0 Å². The van der Waals surface area contributed by atoms with E-state index in [0.29, 0.717) is 16.5 Å². The Kier molecular flexibility index (Phi) is 5.07. The first kappa shape index (κ1) is 13.9. The van der Waals surface area contributed by atoms with E-state index in [2.05, 4.69) is 21.2 Å². The second-order valence-corrected chi connectivity index (χ2v) is 6.22. The lowest BCUT2D eigenvalue weighted by Gasteiger charge is -2.21. The number of nitrogens with one attached hydrogen (secondary N) is 1. The molecule has 1 saturated carbocycles. The van der Waals surface area contributed by atoms with Gasteiger partial charge < -0.3 is 5.32 Å². The van der Waals surface area contributed by atoms with Crippen molar-refractivity contribution in [2.75, 3.05) is 6.54 Å². The van der Waals surface area contributed by atoms with Gasteiger partial charge in [-0.15, -0.1) is 0 Å². The summed E-state index contributed by atoms with van der Waals surface area (Å²) < 4.78 is 0.831. The van der Waals surface area contributed by atoms with Crippen molar-refractivity contribution in [3.63, 3.8) is 0 Å². The zero-order chi connectivity index (χ0) is 13.0. The van der Waals surface area contributed by atoms with Crippen molar-refractivity contribution in [2.45, 2.75) is 32.1 Å². The highest BCUT2D eigenvalue weighted by molar-refractivity contribution is 9.10. The highest BCUT2D eigenvalue weighted by atomic mass is 79.9. The van der Waals surface area contributed by atoms with E-state index in [1.54, 1.807) is 18.2 Å². The molecule has 1 aromatic rings. The molecule has 0 heterocycles. The molecule has 1 N–H and O–H groups in total. The summed E-state index contributed by atoms with van der Waals surface area (Å²) in [7, 11) is 0. The van der Waals surface area contributed by atoms with Gasteiger partial charge in [0.15, 0.2) is 0 Å². The summed E-state index contributed by atoms with van der Waals surface area (Å²) >= 11 is 9.28. The fourth-order valence-electron chi connectivity index (χ4n) is 2.42. The molecule has 0 atom stereocenters. The Morgan fingerprint density at radius 3 is 2.67 bits per heavy atom. The van der Waals surface area contributed by atoms with Gasteiger partial charge in [-0.1, -0.05) is 46.8 Å². The van der Waals surface area contributed by atoms with Gasteiger partial charge in [0.05, 0.1) is 0 Å². The third-order valence-corrected chi connectivity index (χ3v) is 4.08. The number of benzene rings is 1. The molecule has 4 heteroatoms. The van der Waals surface area contributed by atoms with Crippen LogP contribution in [0, 0.1) is 5.92 Å². The van der Waals surface area contributed by atoms with Crippen molar-refractivity contribution in [1.29, 1.82) is 0 Å². The zero-order valence-corrected chi connectivity index (χ0v) is 12.6. The fraction of sp³-hybridized carbons (Fsp3) is 0.500. The summed E-state index contributed by atoms with van der Waals surface area (Å²) in [4.78, 5) is 12.0. The number of rotatable bonds is 3. The summed E-state index contributed by atoms with van der Waals surface area (Å²) in [5.74, 6) is 0.606. The van der Waals surface area contributed by atoms with Gasteiger partial charge in [0.2, 0.25) is 0 Å². The Morgan fingerprint density at radius 1 is 1.28 bits per heavy atom. The number of carbonyl (C=O) groups excluding carboxylic acids is 1. The molecule has 98 valence electrons. The third kappa shape index (κ3) is 3.99. The van der Waals surface area contributed by atoms with Crippen LogP contribution in [0.3, 0.4) is 0 Å². The predicted octanol–water partition coefficient (Wildman–Crippen LogP) is 4.41. The number of carbonyl (C=O) groups is 1. The van der Waals surface area contributed by atoms with Crippen LogP contribution in [0.5, 0.6) is 0 Å². The Morgan fingerprint density at radius 2 is 2.00 bits per heavy atom. The van der Waals surface area contributed by atoms with Crippen molar-refractivity contribution >= 4 is 33.4 Å². The minimum atomic E-state index is -0.0382. The lowest BCUT2D eigenvalue weighted by atomic mass is 9.89. The van der Waals surface area contributed by atoms with Crippen molar-refractivity contribution in [3.05, 3.63) is 33.3 Å². The van der Waals surface area contributed by atoms with E-state index in [9.17, 15) is 4.79 Å². The third-order valence-electron chi connectivity index (χ3n) is 3.40. The normalized spacial score (nSPS) is 16.6. The van der Waals surface area contributed by atoms with E-state index in [4.69, 9.17) is 11.6 Å². The number of halogens is 2. The Bertz CT molecular complexity index is 410. The topological polar surface area (TPSA) is 29.1 Å². The van der Waals surface area contributed by atoms with Gasteiger partial charge in [-0.3, -0.25) is 4.79 Å². The van der Waals surface area contributed by atoms with Crippen LogP contribution in [-0.4, -0.2) is 12.5 Å². The summed E-state index contributed by atoms with van der Waals surface area (Å²) in [6.45, 7) is 0.781. The molecule has 1 aromatic carbocycles. The first-order chi connectivity index (χ1) is 8.65. The smallest absolute Gasteiger partial charge is 0.251 e. The van der Waals surface area contributed by atoms with Crippen LogP contribution in [0.25, 0.3) is 0 Å². The molecule has 1 amide bonds. The van der Waals surface area contributed by atoms with Crippen LogP contribution < -0.4 is 5.32 Å². The van der Waals surface area contributed by atoms with Gasteiger partial charge in [-0.05, 0) is 37.0 Å². The van der Waals surface area contributed by atoms with E-state index >= 15 is 0 Å². The summed E-state index contributed by atoms with van der Waals surface area (Å²) in [6.07, 6.45) is 6.40. The van der Waals surface area contributed by atoms with Crippen LogP contribution in [0.4, 0.5) is 0 Å². The molecule has 0 unspecified atom stereocenters. The molecule has 1 aliphatic carbocycles. The van der Waals surface area contributed by atoms with Gasteiger partial charge >= 0.3 is 0 Å². The van der Waals surface area contributed by atoms with E-state index in [-0.39, 0.29) is 5.91 Å². The molecular weight excluding hydrogens is 314 g/mol. The molecule has 0 aromatic heterocycles. The summed E-state index contributed by atoms with van der Waals surface area (Å²) in [6, 6.07) is 5.27. The molecule has 0 saturated heterocycles. The van der Waals surface area contributed by atoms with Crippen LogP contribution in [-0.2, 0) is 0 Å². The maximum Gasteiger partial charge on any atom is 0.251 e. The van der Waals surface area contributed by atoms with Crippen molar-refractivity contribution in [1.82, 2.24) is 5.32 Å². The zero-order valence-electron chi connectivity index (χ0n) is 10.2. The molecule has 18 heavy (non-hydrogen) atoms. The van der Waals surface area contributed by atoms with E-state index in [1.165, 1.54) is 32.1 Å². The quantitative estimate of drug-likeness (QED) is 0.873. The molecule has 2 rings (SSSR count). The first-order valence-corrected chi connectivity index (χ1v) is 7.56. The lowest BCUT2D eigenvalue weighted by molar-refractivity contribution is 0.0943. The van der Waals surface area contributed by atoms with Crippen LogP contribution in [0.1, 0.15) is 42.5 Å². The van der Waals surface area contributed by atoms with Crippen molar-refractivity contribution < 1.29 is 4.79 Å². The molecule has 0 radical (unpaired) electrons. The van der Waals surface area contributed by atoms with Gasteiger partial charge in [-0.25, -0.2) is 0 Å². The molecular formula is C14H17BrClNO. The monoisotopic (exact) mass is 329 g/mol. The Hall–Kier alpha value is -0.540. The number of amides is 1. The second kappa shape index (κ2) is 6.58. The summed E-state index contributed by atoms with van der Waals surface area (Å²) in [5, 5.41) is 3.58. The molecule has 1 fully saturated rings. The van der Waals surface area contributed by atoms with Gasteiger partial charge in [0, 0.05) is 21.6 Å². The maximum absolute atomic E-state index is 12.0. The predicted molar refractivity (Wildman–Crippen MR) is 78.1 cm³/mol. The first-order valence-electron chi connectivity index (χ1n) is 6.39. The molecule has 2 nitrogen and oxygen atoms in total. The molecule has 0 spiro atoms. The average Bonchev–Trinajstić information content (AvgIpc) is 2.36. The second-order valence-electron chi connectivity index (χ2n) is 4.87. The van der Waals surface area contributed by atoms with E-state index in [0.717, 1.165) is 11.0 Å². The SMILES string of the molecule is O=C(NCC1CCCCC1)c1cc(Cl)cc(Br)c1. The van der Waals surface area contributed by atoms with Crippen LogP contribution in [0.15, 0.2) is 22.7 Å². The van der Waals surface area contributed by atoms with Gasteiger partial charge in [0.1, 0.15) is 0 Å².